The van der Waals surface area contributed by atoms with Crippen LogP contribution >= 0.6 is 0 Å². The Labute approximate surface area is 143 Å². The number of furan rings is 1. The first-order chi connectivity index (χ1) is 11.3. The van der Waals surface area contributed by atoms with Crippen molar-refractivity contribution in [2.75, 3.05) is 0 Å². The number of hydrogen-bond donors (Lipinski definition) is 2. The molecule has 1 saturated carbocycles. The molecule has 1 aromatic rings. The van der Waals surface area contributed by atoms with Gasteiger partial charge in [0, 0.05) is 18.4 Å². The molecule has 3 atom stereocenters. The Bertz CT molecular complexity index is 627. The summed E-state index contributed by atoms with van der Waals surface area (Å²) in [6.45, 7) is 12.6. The summed E-state index contributed by atoms with van der Waals surface area (Å²) in [7, 11) is 0. The number of carboxylic acids is 1. The van der Waals surface area contributed by atoms with E-state index in [0.29, 0.717) is 12.8 Å². The molecule has 0 amide bonds. The lowest BCUT2D eigenvalue weighted by Crippen LogP contribution is -2.42. The normalized spacial score (nSPS) is 27.2. The molecule has 24 heavy (non-hydrogen) atoms. The third kappa shape index (κ3) is 3.64. The predicted octanol–water partition coefficient (Wildman–Crippen LogP) is 4.34. The van der Waals surface area contributed by atoms with Crippen LogP contribution in [0.25, 0.3) is 0 Å². The lowest BCUT2D eigenvalue weighted by Gasteiger charge is -2.49. The summed E-state index contributed by atoms with van der Waals surface area (Å²) >= 11 is 0. The summed E-state index contributed by atoms with van der Waals surface area (Å²) in [6.07, 6.45) is 4.83. The Morgan fingerprint density at radius 3 is 2.79 bits per heavy atom. The number of rotatable bonds is 7. The smallest absolute Gasteiger partial charge is 0.303 e. The molecule has 4 heteroatoms. The van der Waals surface area contributed by atoms with Gasteiger partial charge in [0.2, 0.25) is 0 Å². The van der Waals surface area contributed by atoms with Crippen LogP contribution in [-0.4, -0.2) is 16.2 Å². The highest BCUT2D eigenvalue weighted by Gasteiger charge is 2.46. The van der Waals surface area contributed by atoms with E-state index in [1.54, 1.807) is 12.3 Å². The summed E-state index contributed by atoms with van der Waals surface area (Å²) < 4.78 is 5.58. The van der Waals surface area contributed by atoms with Gasteiger partial charge in [-0.1, -0.05) is 31.2 Å². The van der Waals surface area contributed by atoms with Gasteiger partial charge in [0.05, 0.1) is 12.9 Å². The van der Waals surface area contributed by atoms with Gasteiger partial charge >= 0.3 is 5.97 Å². The molecule has 0 radical (unpaired) electrons. The maximum atomic E-state index is 11.2. The molecule has 2 N–H and O–H groups in total. The van der Waals surface area contributed by atoms with Crippen molar-refractivity contribution >= 4 is 5.97 Å². The van der Waals surface area contributed by atoms with Gasteiger partial charge in [-0.3, -0.25) is 4.79 Å². The van der Waals surface area contributed by atoms with Crippen LogP contribution in [0, 0.1) is 17.3 Å². The SMILES string of the molecule is C=C(C)[C@H]1CCC(=C)[C@@H](Cc2occc2CO)[C@]1(C)CCC(=O)O. The molecule has 0 aliphatic heterocycles. The molecule has 132 valence electrons. The van der Waals surface area contributed by atoms with Crippen molar-refractivity contribution in [3.05, 3.63) is 48.0 Å². The Hall–Kier alpha value is -1.81. The second-order valence-corrected chi connectivity index (χ2v) is 7.28. The van der Waals surface area contributed by atoms with E-state index in [-0.39, 0.29) is 30.3 Å². The maximum Gasteiger partial charge on any atom is 0.303 e. The Balaban J connectivity index is 2.36. The minimum atomic E-state index is -0.777. The predicted molar refractivity (Wildman–Crippen MR) is 93.5 cm³/mol. The number of allylic oxidation sites excluding steroid dienone is 2. The number of aliphatic hydroxyl groups excluding tert-OH is 1. The van der Waals surface area contributed by atoms with Gasteiger partial charge in [-0.15, -0.1) is 0 Å². The van der Waals surface area contributed by atoms with Crippen LogP contribution in [0.4, 0.5) is 0 Å². The zero-order valence-electron chi connectivity index (χ0n) is 14.7. The van der Waals surface area contributed by atoms with Gasteiger partial charge in [-0.05, 0) is 49.5 Å². The number of hydrogen-bond acceptors (Lipinski definition) is 3. The number of aliphatic hydroxyl groups is 1. The van der Waals surface area contributed by atoms with Gasteiger partial charge < -0.3 is 14.6 Å². The third-order valence-corrected chi connectivity index (χ3v) is 5.71. The van der Waals surface area contributed by atoms with Crippen molar-refractivity contribution < 1.29 is 19.4 Å². The maximum absolute atomic E-state index is 11.2. The van der Waals surface area contributed by atoms with Crippen molar-refractivity contribution in [2.45, 2.75) is 52.6 Å². The van der Waals surface area contributed by atoms with E-state index in [1.807, 2.05) is 6.92 Å². The Morgan fingerprint density at radius 2 is 2.21 bits per heavy atom. The van der Waals surface area contributed by atoms with Crippen LogP contribution in [-0.2, 0) is 17.8 Å². The molecular weight excluding hydrogens is 304 g/mol. The highest BCUT2D eigenvalue weighted by Crippen LogP contribution is 2.53. The molecular formula is C20H28O4. The van der Waals surface area contributed by atoms with Crippen LogP contribution in [0.2, 0.25) is 0 Å². The average Bonchev–Trinajstić information content (AvgIpc) is 2.96. The fourth-order valence-electron chi connectivity index (χ4n) is 4.33. The fraction of sp³-hybridized carbons (Fsp3) is 0.550. The molecule has 1 aromatic heterocycles. The third-order valence-electron chi connectivity index (χ3n) is 5.71. The molecule has 0 unspecified atom stereocenters. The second-order valence-electron chi connectivity index (χ2n) is 7.28. The topological polar surface area (TPSA) is 70.7 Å². The quantitative estimate of drug-likeness (QED) is 0.729. The summed E-state index contributed by atoms with van der Waals surface area (Å²) in [5.41, 5.74) is 2.81. The molecule has 1 aliphatic rings. The van der Waals surface area contributed by atoms with Crippen molar-refractivity contribution in [2.24, 2.45) is 17.3 Å². The second kappa shape index (κ2) is 7.39. The zero-order valence-corrected chi connectivity index (χ0v) is 14.7. The molecule has 0 aromatic carbocycles. The number of carbonyl (C=O) groups is 1. The number of carboxylic acid groups (broad SMARTS) is 1. The first-order valence-electron chi connectivity index (χ1n) is 8.50. The summed E-state index contributed by atoms with van der Waals surface area (Å²) in [5, 5.41) is 18.7. The van der Waals surface area contributed by atoms with Gasteiger partial charge in [-0.25, -0.2) is 0 Å². The molecule has 2 rings (SSSR count). The Kier molecular flexibility index (Phi) is 5.70. The monoisotopic (exact) mass is 332 g/mol. The number of aliphatic carboxylic acids is 1. The van der Waals surface area contributed by atoms with E-state index in [0.717, 1.165) is 35.3 Å². The molecule has 1 fully saturated rings. The van der Waals surface area contributed by atoms with Gasteiger partial charge in [0.1, 0.15) is 5.76 Å². The highest BCUT2D eigenvalue weighted by molar-refractivity contribution is 5.66. The average molecular weight is 332 g/mol. The van der Waals surface area contributed by atoms with E-state index in [2.05, 4.69) is 20.1 Å². The van der Waals surface area contributed by atoms with Crippen LogP contribution < -0.4 is 0 Å². The van der Waals surface area contributed by atoms with E-state index in [4.69, 9.17) is 4.42 Å². The van der Waals surface area contributed by atoms with Crippen molar-refractivity contribution in [1.29, 1.82) is 0 Å². The summed E-state index contributed by atoms with van der Waals surface area (Å²) in [4.78, 5) is 11.2. The van der Waals surface area contributed by atoms with E-state index >= 15 is 0 Å². The lowest BCUT2D eigenvalue weighted by molar-refractivity contribution is -0.138. The lowest BCUT2D eigenvalue weighted by atomic mass is 9.55. The van der Waals surface area contributed by atoms with Crippen LogP contribution in [0.3, 0.4) is 0 Å². The first-order valence-corrected chi connectivity index (χ1v) is 8.50. The molecule has 1 heterocycles. The first kappa shape index (κ1) is 18.5. The van der Waals surface area contributed by atoms with Crippen molar-refractivity contribution in [3.8, 4) is 0 Å². The fourth-order valence-corrected chi connectivity index (χ4v) is 4.33. The van der Waals surface area contributed by atoms with Crippen molar-refractivity contribution in [3.63, 3.8) is 0 Å². The van der Waals surface area contributed by atoms with Gasteiger partial charge in [0.25, 0.3) is 0 Å². The van der Waals surface area contributed by atoms with Crippen LogP contribution in [0.15, 0.2) is 41.1 Å². The molecule has 0 bridgehead atoms. The van der Waals surface area contributed by atoms with Gasteiger partial charge in [-0.2, -0.15) is 0 Å². The highest BCUT2D eigenvalue weighted by atomic mass is 16.4. The van der Waals surface area contributed by atoms with Gasteiger partial charge in [0.15, 0.2) is 0 Å². The molecule has 0 spiro atoms. The van der Waals surface area contributed by atoms with Crippen molar-refractivity contribution in [1.82, 2.24) is 0 Å². The zero-order chi connectivity index (χ0) is 17.9. The van der Waals surface area contributed by atoms with E-state index in [1.165, 1.54) is 0 Å². The van der Waals surface area contributed by atoms with E-state index in [9.17, 15) is 15.0 Å². The standard InChI is InChI=1S/C20H28O4/c1-13(2)16-6-5-14(3)17(20(16,4)9-7-19(22)23)11-18-15(12-21)8-10-24-18/h8,10,16-17,21H,1,3,5-7,9,11-12H2,2,4H3,(H,22,23)/t16-,17-,20-/m1/s1. The van der Waals surface area contributed by atoms with Crippen LogP contribution in [0.1, 0.15) is 50.9 Å². The summed E-state index contributed by atoms with van der Waals surface area (Å²) in [5.74, 6) is 0.372. The summed E-state index contributed by atoms with van der Waals surface area (Å²) in [6, 6.07) is 1.78. The van der Waals surface area contributed by atoms with Crippen LogP contribution in [0.5, 0.6) is 0 Å². The van der Waals surface area contributed by atoms with E-state index < -0.39 is 5.97 Å². The largest absolute Gasteiger partial charge is 0.481 e. The molecule has 1 aliphatic carbocycles. The minimum absolute atomic E-state index is 0.0548. The minimum Gasteiger partial charge on any atom is -0.481 e. The molecule has 0 saturated heterocycles. The Morgan fingerprint density at radius 1 is 1.50 bits per heavy atom. The molecule has 4 nitrogen and oxygen atoms in total.